The number of alkyl halides is 1. The van der Waals surface area contributed by atoms with Crippen molar-refractivity contribution in [1.29, 1.82) is 0 Å². The summed E-state index contributed by atoms with van der Waals surface area (Å²) in [6, 6.07) is 17.6. The molecule has 16 nitrogen and oxygen atoms in total. The summed E-state index contributed by atoms with van der Waals surface area (Å²) in [6.45, 7) is 16.2. The minimum atomic E-state index is -1.03. The molecule has 0 spiro atoms. The Hall–Kier alpha value is -2.07. The zero-order valence-corrected chi connectivity index (χ0v) is 66.6. The molecule has 0 amide bonds. The van der Waals surface area contributed by atoms with Gasteiger partial charge in [0, 0.05) is 64.7 Å². The summed E-state index contributed by atoms with van der Waals surface area (Å²) in [5.74, 6) is -8.53. The number of pyridine rings is 3. The van der Waals surface area contributed by atoms with E-state index < -0.39 is 70.1 Å². The van der Waals surface area contributed by atoms with Crippen molar-refractivity contribution < 1.29 is 248 Å². The number of hydrogen-bond acceptors (Lipinski definition) is 18. The number of halogens is 7. The largest absolute Gasteiger partial charge is 1.00 e. The number of phenolic OH excluding ortho intramolecular Hbond substituents is 1. The number of thioether (sulfide) groups is 3. The van der Waals surface area contributed by atoms with Gasteiger partial charge in [-0.05, 0) is 110 Å². The van der Waals surface area contributed by atoms with E-state index in [1.165, 1.54) is 12.1 Å². The second kappa shape index (κ2) is 51.4. The van der Waals surface area contributed by atoms with Crippen LogP contribution in [0.5, 0.6) is 17.2 Å². The Kier molecular flexibility index (Phi) is 52.6. The van der Waals surface area contributed by atoms with E-state index >= 15 is 0 Å². The maximum Gasteiger partial charge on any atom is 1.00 e. The molecule has 0 atom stereocenters. The van der Waals surface area contributed by atoms with Crippen molar-refractivity contribution in [1.82, 2.24) is 15.0 Å². The SMILES string of the molecule is CC(C)Sc1ncccc1CCl.CC(C)Sc1ncccc1COc1c(F)cc(CCC(=O)O)cc1F.CCOC(=O)CCc1cc(F)c(O)c(F)c1.CCOC(=O)CCc1cc(F)c(OCc2cccnc2SC(C)C)c(F)c1.O=CO[O-].[Cs+].[Cs+].[H-].[Li+].[OH-]. The number of ether oxygens (including phenoxy) is 4. The van der Waals surface area contributed by atoms with Crippen molar-refractivity contribution in [2.45, 2.75) is 144 Å². The van der Waals surface area contributed by atoms with Gasteiger partial charge in [-0.3, -0.25) is 19.2 Å². The van der Waals surface area contributed by atoms with Crippen LogP contribution in [-0.2, 0) is 71.9 Å². The molecule has 0 fully saturated rings. The van der Waals surface area contributed by atoms with Crippen LogP contribution in [0.15, 0.2) is 106 Å². The Morgan fingerprint density at radius 3 is 1.17 bits per heavy atom. The van der Waals surface area contributed by atoms with Gasteiger partial charge in [0.2, 0.25) is 0 Å². The fraction of sp³-hybridized carbons (Fsp3) is 0.373. The van der Waals surface area contributed by atoms with E-state index in [9.17, 15) is 40.7 Å². The van der Waals surface area contributed by atoms with E-state index in [1.54, 1.807) is 85.9 Å². The van der Waals surface area contributed by atoms with Crippen LogP contribution in [0.4, 0.5) is 26.3 Å². The number of carbonyl (C=O) groups excluding carboxylic acids is 3. The fourth-order valence-electron chi connectivity index (χ4n) is 6.64. The van der Waals surface area contributed by atoms with Gasteiger partial charge in [-0.25, -0.2) is 41.3 Å². The summed E-state index contributed by atoms with van der Waals surface area (Å²) in [4.78, 5) is 57.0. The molecule has 468 valence electrons. The minimum Gasteiger partial charge on any atom is -1.00 e. The van der Waals surface area contributed by atoms with Gasteiger partial charge in [0.25, 0.3) is 6.47 Å². The van der Waals surface area contributed by atoms with Gasteiger partial charge < -0.3 is 46.2 Å². The van der Waals surface area contributed by atoms with Crippen molar-refractivity contribution in [2.24, 2.45) is 0 Å². The predicted molar refractivity (Wildman–Crippen MR) is 311 cm³/mol. The predicted octanol–water partition coefficient (Wildman–Crippen LogP) is 4.26. The molecular formula is C59H69ClCs2F6LiN3O13S3. The Morgan fingerprint density at radius 1 is 0.591 bits per heavy atom. The third-order valence-electron chi connectivity index (χ3n) is 10.2. The van der Waals surface area contributed by atoms with E-state index in [1.807, 2.05) is 45.9 Å². The van der Waals surface area contributed by atoms with Crippen LogP contribution in [-0.4, -0.2) is 84.0 Å². The number of phenols is 1. The van der Waals surface area contributed by atoms with Gasteiger partial charge in [-0.1, -0.05) is 59.7 Å². The molecular weight excluding hydrogens is 1480 g/mol. The molecule has 0 bridgehead atoms. The van der Waals surface area contributed by atoms with Crippen molar-refractivity contribution in [3.63, 3.8) is 0 Å². The molecule has 3 heterocycles. The molecule has 0 saturated carbocycles. The van der Waals surface area contributed by atoms with Gasteiger partial charge in [0.1, 0.15) is 28.3 Å². The molecule has 0 unspecified atom stereocenters. The average Bonchev–Trinajstić information content (AvgIpc) is 3.64. The zero-order valence-electron chi connectivity index (χ0n) is 51.9. The van der Waals surface area contributed by atoms with Gasteiger partial charge in [-0.15, -0.1) is 46.9 Å². The maximum atomic E-state index is 14.3. The van der Waals surface area contributed by atoms with E-state index in [0.717, 1.165) is 56.0 Å². The Balaban J connectivity index is -0.000000539. The van der Waals surface area contributed by atoms with Crippen LogP contribution in [0.1, 0.15) is 109 Å². The zero-order chi connectivity index (χ0) is 62.7. The molecule has 0 saturated heterocycles. The molecule has 88 heavy (non-hydrogen) atoms. The molecule has 0 aliphatic carbocycles. The van der Waals surface area contributed by atoms with E-state index in [-0.39, 0.29) is 241 Å². The van der Waals surface area contributed by atoms with Crippen molar-refractivity contribution in [3.8, 4) is 17.2 Å². The smallest absolute Gasteiger partial charge is 1.00 e. The number of aromatic hydroxyl groups is 1. The van der Waals surface area contributed by atoms with Crippen LogP contribution < -0.4 is 171 Å². The summed E-state index contributed by atoms with van der Waals surface area (Å²) < 4.78 is 103. The standard InChI is InChI=1S/C20H23F2NO3S.C18H19F2NO3S.C11H12F2O3.C9H12ClNS.CH2O3.2Cs.Li.H2O.H/c1-4-25-18(24)8-7-14-10-16(21)19(17(22)11-14)26-12-15-6-5-9-23-20(15)27-13(2)3;1-11(2)25-18-13(4-3-7-21-18)10-24-17-14(19)8-12(9-15(17)20)5-6-16(22)23;1-2-16-10(14)4-3-7-5-8(12)11(15)9(13)6-7;1-7(2)12-9-8(6-10)4-3-5-11-9;2-1-4-3;;;;;/h5-6,9-11,13H,4,7-8,12H2,1-3H3;3-4,7-9,11H,5-6,10H2,1-2H3,(H,22,23);5-6,15H,2-4H2,1H3;3-5,7H,6H2,1-2H3;1,3H;;;;1H2;/q;;;;;3*+1;;-1/p-2. The van der Waals surface area contributed by atoms with Crippen LogP contribution in [0, 0.1) is 34.9 Å². The number of benzene rings is 3. The summed E-state index contributed by atoms with van der Waals surface area (Å²) in [7, 11) is 0. The molecule has 6 aromatic rings. The number of carboxylic acids is 1. The Bertz CT molecular complexity index is 2970. The molecule has 0 radical (unpaired) electrons. The monoisotopic (exact) mass is 1550 g/mol. The molecule has 0 aliphatic rings. The Morgan fingerprint density at radius 2 is 0.886 bits per heavy atom. The summed E-state index contributed by atoms with van der Waals surface area (Å²) >= 11 is 10.6. The first-order chi connectivity index (χ1) is 40.0. The average molecular weight is 1550 g/mol. The van der Waals surface area contributed by atoms with E-state index in [0.29, 0.717) is 32.8 Å². The molecule has 3 aromatic heterocycles. The minimum absolute atomic E-state index is 0. The topological polar surface area (TPSA) is 247 Å². The van der Waals surface area contributed by atoms with Gasteiger partial charge >= 0.3 is 175 Å². The van der Waals surface area contributed by atoms with Gasteiger partial charge in [0.15, 0.2) is 52.2 Å². The first-order valence-corrected chi connectivity index (χ1v) is 29.1. The quantitative estimate of drug-likeness (QED) is 0.0119. The van der Waals surface area contributed by atoms with Gasteiger partial charge in [-0.2, -0.15) is 0 Å². The number of hydrogen-bond donors (Lipinski definition) is 2. The number of aromatic nitrogens is 3. The molecule has 0 aliphatic heterocycles. The van der Waals surface area contributed by atoms with Gasteiger partial charge in [0.05, 0.1) is 19.1 Å². The number of nitrogens with zero attached hydrogens (tertiary/aromatic N) is 3. The molecule has 3 aromatic carbocycles. The molecule has 6 rings (SSSR count). The Labute approximate surface area is 658 Å². The number of carboxylic acid groups (broad SMARTS) is 1. The number of aryl methyl sites for hydroxylation is 3. The number of esters is 2. The first-order valence-electron chi connectivity index (χ1n) is 26.0. The van der Waals surface area contributed by atoms with Crippen molar-refractivity contribution in [3.05, 3.63) is 160 Å². The second-order valence-electron chi connectivity index (χ2n) is 18.0. The van der Waals surface area contributed by atoms with Crippen LogP contribution >= 0.6 is 46.9 Å². The third kappa shape index (κ3) is 37.0. The number of aliphatic carboxylic acids is 1. The van der Waals surface area contributed by atoms with Crippen molar-refractivity contribution in [2.75, 3.05) is 13.2 Å². The van der Waals surface area contributed by atoms with Crippen LogP contribution in [0.2, 0.25) is 0 Å². The molecule has 29 heteroatoms. The fourth-order valence-corrected chi connectivity index (χ4v) is 9.49. The second-order valence-corrected chi connectivity index (χ2v) is 23.0. The number of carbonyl (C=O) groups is 4. The van der Waals surface area contributed by atoms with Crippen molar-refractivity contribution >= 4 is 71.3 Å². The third-order valence-corrected chi connectivity index (χ3v) is 13.7. The summed E-state index contributed by atoms with van der Waals surface area (Å²) in [5.41, 5.74) is 3.60. The first kappa shape index (κ1) is 90.1. The van der Waals surface area contributed by atoms with Crippen LogP contribution in [0.3, 0.4) is 0 Å². The summed E-state index contributed by atoms with van der Waals surface area (Å²) in [5, 5.41) is 29.7. The molecule has 3 N–H and O–H groups in total. The van der Waals surface area contributed by atoms with Crippen LogP contribution in [0.25, 0.3) is 0 Å². The van der Waals surface area contributed by atoms with E-state index in [4.69, 9.17) is 46.1 Å². The summed E-state index contributed by atoms with van der Waals surface area (Å²) in [6.07, 6.45) is 5.50. The number of rotatable bonds is 25. The maximum absolute atomic E-state index is 14.3. The normalized spacial score (nSPS) is 9.99. The van der Waals surface area contributed by atoms with E-state index in [2.05, 4.69) is 38.4 Å².